The summed E-state index contributed by atoms with van der Waals surface area (Å²) in [4.78, 5) is 40.3. The average Bonchev–Trinajstić information content (AvgIpc) is 2.57. The van der Waals surface area contributed by atoms with Crippen molar-refractivity contribution in [3.05, 3.63) is 40.4 Å². The molecule has 122 valence electrons. The molecular weight excluding hydrogens is 308 g/mol. The molecule has 24 heavy (non-hydrogen) atoms. The number of carbonyl (C=O) groups is 2. The van der Waals surface area contributed by atoms with Gasteiger partial charge in [-0.3, -0.25) is 24.3 Å². The number of para-hydroxylation sites is 1. The lowest BCUT2D eigenvalue weighted by Gasteiger charge is -2.22. The van der Waals surface area contributed by atoms with Crippen LogP contribution in [0.25, 0.3) is 10.9 Å². The Balaban J connectivity index is 2.06. The van der Waals surface area contributed by atoms with Crippen LogP contribution in [0.2, 0.25) is 0 Å². The van der Waals surface area contributed by atoms with Crippen molar-refractivity contribution in [1.29, 1.82) is 0 Å². The Morgan fingerprint density at radius 2 is 2.17 bits per heavy atom. The predicted molar refractivity (Wildman–Crippen MR) is 88.0 cm³/mol. The molecule has 3 N–H and O–H groups in total. The van der Waals surface area contributed by atoms with E-state index in [0.29, 0.717) is 29.4 Å². The fraction of sp³-hybridized carbons (Fsp3) is 0.294. The molecule has 1 saturated heterocycles. The van der Waals surface area contributed by atoms with E-state index in [1.54, 1.807) is 18.2 Å². The lowest BCUT2D eigenvalue weighted by Crippen LogP contribution is -2.44. The summed E-state index contributed by atoms with van der Waals surface area (Å²) in [6.45, 7) is 0.466. The highest BCUT2D eigenvalue weighted by Crippen LogP contribution is 2.18. The van der Waals surface area contributed by atoms with E-state index in [1.807, 2.05) is 0 Å². The minimum absolute atomic E-state index is 0.200. The van der Waals surface area contributed by atoms with Gasteiger partial charge in [0.05, 0.1) is 22.8 Å². The molecule has 1 fully saturated rings. The molecule has 2 amide bonds. The zero-order chi connectivity index (χ0) is 17.1. The number of fused-ring (bicyclic) bond motifs is 1. The first-order chi connectivity index (χ1) is 11.6. The molecule has 0 saturated carbocycles. The highest BCUT2D eigenvalue weighted by molar-refractivity contribution is 5.99. The van der Waals surface area contributed by atoms with Crippen LogP contribution < -0.4 is 16.6 Å². The molecule has 1 unspecified atom stereocenters. The first-order valence-electron chi connectivity index (χ1n) is 7.64. The van der Waals surface area contributed by atoms with Crippen LogP contribution in [0, 0.1) is 11.8 Å². The third kappa shape index (κ3) is 2.92. The second-order valence-electron chi connectivity index (χ2n) is 5.47. The van der Waals surface area contributed by atoms with E-state index < -0.39 is 11.9 Å². The van der Waals surface area contributed by atoms with Crippen LogP contribution in [-0.4, -0.2) is 27.9 Å². The molecule has 1 atom stereocenters. The number of benzene rings is 1. The van der Waals surface area contributed by atoms with E-state index in [9.17, 15) is 14.4 Å². The topological polar surface area (TPSA) is 107 Å². The van der Waals surface area contributed by atoms with E-state index in [1.165, 1.54) is 10.9 Å². The van der Waals surface area contributed by atoms with Gasteiger partial charge in [-0.25, -0.2) is 4.98 Å². The van der Waals surface area contributed by atoms with Crippen molar-refractivity contribution >= 4 is 22.7 Å². The Labute approximate surface area is 137 Å². The Hall–Kier alpha value is -2.98. The number of rotatable bonds is 2. The standard InChI is InChI=1S/C17H16N4O3/c18-9-2-1-4-11-5-3-6-12-15(11)19-10-21(17(12)24)13-7-8-14(22)20-16(13)23/h3,5-6,10,13H,2,7-9,18H2,(H,20,22,23). The molecule has 7 nitrogen and oxygen atoms in total. The number of aromatic nitrogens is 2. The van der Waals surface area contributed by atoms with Crippen LogP contribution >= 0.6 is 0 Å². The number of imide groups is 1. The molecule has 0 spiro atoms. The van der Waals surface area contributed by atoms with Gasteiger partial charge >= 0.3 is 0 Å². The van der Waals surface area contributed by atoms with Gasteiger partial charge in [0, 0.05) is 19.4 Å². The van der Waals surface area contributed by atoms with Gasteiger partial charge in [-0.15, -0.1) is 0 Å². The predicted octanol–water partition coefficient (Wildman–Crippen LogP) is 0.0745. The molecule has 1 aromatic heterocycles. The monoisotopic (exact) mass is 324 g/mol. The first kappa shape index (κ1) is 15.9. The van der Waals surface area contributed by atoms with Gasteiger partial charge in [-0.1, -0.05) is 17.9 Å². The summed E-state index contributed by atoms with van der Waals surface area (Å²) in [6, 6.07) is 4.45. The largest absolute Gasteiger partial charge is 0.330 e. The molecule has 1 aliphatic heterocycles. The molecule has 3 rings (SSSR count). The highest BCUT2D eigenvalue weighted by Gasteiger charge is 2.29. The maximum Gasteiger partial charge on any atom is 0.261 e. The molecule has 2 heterocycles. The number of nitrogens with two attached hydrogens (primary N) is 1. The van der Waals surface area contributed by atoms with Gasteiger partial charge in [0.25, 0.3) is 5.56 Å². The quantitative estimate of drug-likeness (QED) is 0.601. The number of carbonyl (C=O) groups excluding carboxylic acids is 2. The van der Waals surface area contributed by atoms with E-state index >= 15 is 0 Å². The van der Waals surface area contributed by atoms with E-state index in [-0.39, 0.29) is 24.3 Å². The smallest absolute Gasteiger partial charge is 0.261 e. The Bertz CT molecular complexity index is 936. The fourth-order valence-electron chi connectivity index (χ4n) is 2.67. The summed E-state index contributed by atoms with van der Waals surface area (Å²) in [6.07, 6.45) is 2.39. The maximum absolute atomic E-state index is 12.7. The summed E-state index contributed by atoms with van der Waals surface area (Å²) < 4.78 is 1.28. The Morgan fingerprint density at radius 3 is 2.92 bits per heavy atom. The minimum Gasteiger partial charge on any atom is -0.330 e. The molecule has 0 radical (unpaired) electrons. The molecule has 0 aliphatic carbocycles. The summed E-state index contributed by atoms with van der Waals surface area (Å²) >= 11 is 0. The maximum atomic E-state index is 12.7. The van der Waals surface area contributed by atoms with Crippen LogP contribution in [0.15, 0.2) is 29.3 Å². The number of hydrogen-bond donors (Lipinski definition) is 2. The van der Waals surface area contributed by atoms with Gasteiger partial charge in [-0.2, -0.15) is 0 Å². The van der Waals surface area contributed by atoms with E-state index in [4.69, 9.17) is 5.73 Å². The fourth-order valence-corrected chi connectivity index (χ4v) is 2.67. The normalized spacial score (nSPS) is 17.3. The lowest BCUT2D eigenvalue weighted by atomic mass is 10.1. The highest BCUT2D eigenvalue weighted by atomic mass is 16.2. The first-order valence-corrected chi connectivity index (χ1v) is 7.64. The minimum atomic E-state index is -0.723. The van der Waals surface area contributed by atoms with E-state index in [2.05, 4.69) is 22.1 Å². The Morgan fingerprint density at radius 1 is 1.33 bits per heavy atom. The summed E-state index contributed by atoms with van der Waals surface area (Å²) in [7, 11) is 0. The molecular formula is C17H16N4O3. The number of nitrogens with one attached hydrogen (secondary N) is 1. The van der Waals surface area contributed by atoms with Crippen LogP contribution in [0.5, 0.6) is 0 Å². The average molecular weight is 324 g/mol. The van der Waals surface area contributed by atoms with Crippen LogP contribution in [0.1, 0.15) is 30.9 Å². The molecule has 0 bridgehead atoms. The summed E-state index contributed by atoms with van der Waals surface area (Å²) in [5.41, 5.74) is 6.24. The van der Waals surface area contributed by atoms with Crippen LogP contribution in [0.4, 0.5) is 0 Å². The van der Waals surface area contributed by atoms with E-state index in [0.717, 1.165) is 0 Å². The van der Waals surface area contributed by atoms with Crippen LogP contribution in [0.3, 0.4) is 0 Å². The van der Waals surface area contributed by atoms with Gasteiger partial charge in [0.15, 0.2) is 0 Å². The lowest BCUT2D eigenvalue weighted by molar-refractivity contribution is -0.135. The van der Waals surface area contributed by atoms with Crippen LogP contribution in [-0.2, 0) is 9.59 Å². The molecule has 1 aliphatic rings. The zero-order valence-corrected chi connectivity index (χ0v) is 12.9. The van der Waals surface area contributed by atoms with Gasteiger partial charge in [0.2, 0.25) is 11.8 Å². The third-order valence-electron chi connectivity index (χ3n) is 3.85. The number of hydrogen-bond acceptors (Lipinski definition) is 5. The van der Waals surface area contributed by atoms with Crippen molar-refractivity contribution in [3.8, 4) is 11.8 Å². The molecule has 7 heteroatoms. The second kappa shape index (κ2) is 6.64. The van der Waals surface area contributed by atoms with Crippen molar-refractivity contribution in [2.75, 3.05) is 6.54 Å². The SMILES string of the molecule is NCCC#Cc1cccc2c(=O)n(C3CCC(=O)NC3=O)cnc12. The van der Waals surface area contributed by atoms with Crippen molar-refractivity contribution in [1.82, 2.24) is 14.9 Å². The number of nitrogens with zero attached hydrogens (tertiary/aromatic N) is 2. The van der Waals surface area contributed by atoms with Crippen molar-refractivity contribution in [3.63, 3.8) is 0 Å². The summed E-state index contributed by atoms with van der Waals surface area (Å²) in [5, 5.41) is 2.64. The second-order valence-corrected chi connectivity index (χ2v) is 5.47. The third-order valence-corrected chi connectivity index (χ3v) is 3.85. The van der Waals surface area contributed by atoms with Gasteiger partial charge in [0.1, 0.15) is 6.04 Å². The van der Waals surface area contributed by atoms with Crippen molar-refractivity contribution < 1.29 is 9.59 Å². The zero-order valence-electron chi connectivity index (χ0n) is 12.9. The van der Waals surface area contributed by atoms with Crippen molar-refractivity contribution in [2.45, 2.75) is 25.3 Å². The van der Waals surface area contributed by atoms with Crippen molar-refractivity contribution in [2.24, 2.45) is 5.73 Å². The Kier molecular flexibility index (Phi) is 4.40. The van der Waals surface area contributed by atoms with Gasteiger partial charge in [-0.05, 0) is 18.6 Å². The molecule has 2 aromatic rings. The van der Waals surface area contributed by atoms with Gasteiger partial charge < -0.3 is 5.73 Å². The number of piperidine rings is 1. The number of amides is 2. The molecule has 1 aromatic carbocycles. The summed E-state index contributed by atoms with van der Waals surface area (Å²) in [5.74, 6) is 5.09.